The Bertz CT molecular complexity index is 939. The predicted molar refractivity (Wildman–Crippen MR) is 109 cm³/mol. The molecule has 1 atom stereocenters. The lowest BCUT2D eigenvalue weighted by molar-refractivity contribution is 0.415. The van der Waals surface area contributed by atoms with Crippen LogP contribution in [0.4, 0.5) is 5.69 Å². The van der Waals surface area contributed by atoms with Gasteiger partial charge in [0, 0.05) is 17.8 Å². The third kappa shape index (κ3) is 2.94. The maximum Gasteiger partial charge on any atom is 0.136 e. The summed E-state index contributed by atoms with van der Waals surface area (Å²) in [6.45, 7) is 5.39. The summed E-state index contributed by atoms with van der Waals surface area (Å²) in [5.74, 6) is 2.44. The monoisotopic (exact) mass is 344 g/mol. The van der Waals surface area contributed by atoms with Gasteiger partial charge in [0.2, 0.25) is 0 Å². The Balaban J connectivity index is 1.82. The minimum absolute atomic E-state index is 0.297. The van der Waals surface area contributed by atoms with Gasteiger partial charge in [0.25, 0.3) is 0 Å². The zero-order valence-electron chi connectivity index (χ0n) is 15.5. The molecule has 0 fully saturated rings. The van der Waals surface area contributed by atoms with Gasteiger partial charge < -0.3 is 9.64 Å². The molecule has 0 saturated heterocycles. The van der Waals surface area contributed by atoms with E-state index in [-0.39, 0.29) is 0 Å². The molecule has 0 amide bonds. The summed E-state index contributed by atoms with van der Waals surface area (Å²) in [7, 11) is 1.70. The van der Waals surface area contributed by atoms with Crippen LogP contribution in [0.15, 0.2) is 71.7 Å². The van der Waals surface area contributed by atoms with E-state index in [1.54, 1.807) is 7.11 Å². The van der Waals surface area contributed by atoms with Crippen LogP contribution in [0.3, 0.4) is 0 Å². The second-order valence-electron chi connectivity index (χ2n) is 7.10. The zero-order valence-corrected chi connectivity index (χ0v) is 15.5. The molecule has 3 aromatic carbocycles. The second kappa shape index (κ2) is 6.83. The van der Waals surface area contributed by atoms with E-state index in [1.165, 1.54) is 16.3 Å². The molecule has 0 aliphatic carbocycles. The van der Waals surface area contributed by atoms with Crippen molar-refractivity contribution in [2.75, 3.05) is 18.6 Å². The van der Waals surface area contributed by atoms with Crippen molar-refractivity contribution >= 4 is 22.3 Å². The largest absolute Gasteiger partial charge is 0.497 e. The highest BCUT2D eigenvalue weighted by atomic mass is 16.5. The van der Waals surface area contributed by atoms with E-state index in [2.05, 4.69) is 73.3 Å². The van der Waals surface area contributed by atoms with E-state index in [0.29, 0.717) is 12.0 Å². The molecule has 0 spiro atoms. The van der Waals surface area contributed by atoms with Crippen LogP contribution in [0.25, 0.3) is 10.8 Å². The van der Waals surface area contributed by atoms with Crippen molar-refractivity contribution in [1.29, 1.82) is 0 Å². The number of fused-ring (bicyclic) bond motifs is 1. The summed E-state index contributed by atoms with van der Waals surface area (Å²) in [6.07, 6.45) is 0. The number of amidine groups is 1. The smallest absolute Gasteiger partial charge is 0.136 e. The third-order valence-electron chi connectivity index (χ3n) is 5.10. The Morgan fingerprint density at radius 3 is 2.42 bits per heavy atom. The number of aliphatic imine (C=N–C) groups is 1. The molecule has 3 aromatic rings. The van der Waals surface area contributed by atoms with E-state index in [1.807, 2.05) is 12.1 Å². The molecule has 1 heterocycles. The first kappa shape index (κ1) is 16.6. The van der Waals surface area contributed by atoms with Gasteiger partial charge in [-0.3, -0.25) is 4.99 Å². The maximum atomic E-state index is 5.31. The van der Waals surface area contributed by atoms with Crippen molar-refractivity contribution in [2.45, 2.75) is 19.9 Å². The first-order valence-electron chi connectivity index (χ1n) is 9.15. The summed E-state index contributed by atoms with van der Waals surface area (Å²) < 4.78 is 5.31. The molecule has 0 radical (unpaired) electrons. The Morgan fingerprint density at radius 2 is 1.69 bits per heavy atom. The minimum Gasteiger partial charge on any atom is -0.497 e. The van der Waals surface area contributed by atoms with Gasteiger partial charge in [-0.15, -0.1) is 0 Å². The normalized spacial score (nSPS) is 17.0. The maximum absolute atomic E-state index is 5.31. The summed E-state index contributed by atoms with van der Waals surface area (Å²) in [5, 5.41) is 2.49. The lowest BCUT2D eigenvalue weighted by Crippen LogP contribution is -2.31. The van der Waals surface area contributed by atoms with Crippen LogP contribution in [-0.4, -0.2) is 25.5 Å². The summed E-state index contributed by atoms with van der Waals surface area (Å²) in [4.78, 5) is 7.46. The average Bonchev–Trinajstić information content (AvgIpc) is 3.13. The fraction of sp³-hybridized carbons (Fsp3) is 0.261. The van der Waals surface area contributed by atoms with Gasteiger partial charge >= 0.3 is 0 Å². The van der Waals surface area contributed by atoms with Crippen molar-refractivity contribution in [3.8, 4) is 5.75 Å². The van der Waals surface area contributed by atoms with Gasteiger partial charge in [-0.1, -0.05) is 56.3 Å². The van der Waals surface area contributed by atoms with Crippen molar-refractivity contribution in [3.63, 3.8) is 0 Å². The first-order valence-corrected chi connectivity index (χ1v) is 9.15. The molecule has 132 valence electrons. The summed E-state index contributed by atoms with van der Waals surface area (Å²) in [5.41, 5.74) is 2.35. The fourth-order valence-corrected chi connectivity index (χ4v) is 3.53. The Morgan fingerprint density at radius 1 is 0.962 bits per heavy atom. The topological polar surface area (TPSA) is 24.8 Å². The zero-order chi connectivity index (χ0) is 18.1. The fourth-order valence-electron chi connectivity index (χ4n) is 3.53. The van der Waals surface area contributed by atoms with Crippen molar-refractivity contribution in [2.24, 2.45) is 10.9 Å². The molecule has 0 aromatic heterocycles. The molecular formula is C23H24N2O. The summed E-state index contributed by atoms with van der Waals surface area (Å²) >= 11 is 0. The Labute approximate surface area is 154 Å². The van der Waals surface area contributed by atoms with Crippen LogP contribution in [-0.2, 0) is 0 Å². The highest BCUT2D eigenvalue weighted by Gasteiger charge is 2.29. The highest BCUT2D eigenvalue weighted by Crippen LogP contribution is 2.30. The molecule has 0 saturated carbocycles. The van der Waals surface area contributed by atoms with Crippen LogP contribution >= 0.6 is 0 Å². The van der Waals surface area contributed by atoms with E-state index >= 15 is 0 Å². The molecular weight excluding hydrogens is 320 g/mol. The van der Waals surface area contributed by atoms with Crippen LogP contribution in [0.5, 0.6) is 5.75 Å². The van der Waals surface area contributed by atoms with Gasteiger partial charge in [-0.05, 0) is 41.0 Å². The third-order valence-corrected chi connectivity index (χ3v) is 5.10. The quantitative estimate of drug-likeness (QED) is 0.655. The van der Waals surface area contributed by atoms with Crippen molar-refractivity contribution < 1.29 is 4.74 Å². The molecule has 3 nitrogen and oxygen atoms in total. The molecule has 0 N–H and O–H groups in total. The van der Waals surface area contributed by atoms with Gasteiger partial charge in [0.1, 0.15) is 11.6 Å². The molecule has 1 aliphatic heterocycles. The molecule has 4 rings (SSSR count). The highest BCUT2D eigenvalue weighted by molar-refractivity contribution is 6.18. The molecule has 1 aliphatic rings. The number of anilines is 1. The first-order chi connectivity index (χ1) is 12.7. The average molecular weight is 344 g/mol. The Hall–Kier alpha value is -2.81. The number of hydrogen-bond acceptors (Lipinski definition) is 3. The predicted octanol–water partition coefficient (Wildman–Crippen LogP) is 5.14. The van der Waals surface area contributed by atoms with Gasteiger partial charge in [-0.2, -0.15) is 0 Å². The van der Waals surface area contributed by atoms with Crippen LogP contribution < -0.4 is 9.64 Å². The Kier molecular flexibility index (Phi) is 4.37. The molecule has 26 heavy (non-hydrogen) atoms. The lowest BCUT2D eigenvalue weighted by atomic mass is 10.0. The van der Waals surface area contributed by atoms with Gasteiger partial charge in [-0.25, -0.2) is 0 Å². The van der Waals surface area contributed by atoms with Crippen LogP contribution in [0, 0.1) is 5.92 Å². The van der Waals surface area contributed by atoms with Gasteiger partial charge in [0.15, 0.2) is 0 Å². The molecule has 0 unspecified atom stereocenters. The molecule has 3 heteroatoms. The summed E-state index contributed by atoms with van der Waals surface area (Å²) in [6, 6.07) is 23.5. The number of rotatable bonds is 4. The van der Waals surface area contributed by atoms with Crippen molar-refractivity contribution in [3.05, 3.63) is 72.3 Å². The number of nitrogens with zero attached hydrogens (tertiary/aromatic N) is 2. The van der Waals surface area contributed by atoms with Gasteiger partial charge in [0.05, 0.1) is 13.2 Å². The van der Waals surface area contributed by atoms with E-state index < -0.39 is 0 Å². The van der Waals surface area contributed by atoms with E-state index in [0.717, 1.165) is 23.8 Å². The standard InChI is InChI=1S/C23H24N2O/c1-16(2)22-15-25(18-11-13-19(26-3)14-12-18)23(24-22)21-10-6-8-17-7-4-5-9-20(17)21/h4-14,16,22H,15H2,1-3H3/t22-/m1/s1. The molecule has 0 bridgehead atoms. The number of methoxy groups -OCH3 is 1. The van der Waals surface area contributed by atoms with E-state index in [9.17, 15) is 0 Å². The van der Waals surface area contributed by atoms with Crippen LogP contribution in [0.2, 0.25) is 0 Å². The number of ether oxygens (including phenoxy) is 1. The minimum atomic E-state index is 0.297. The second-order valence-corrected chi connectivity index (χ2v) is 7.10. The lowest BCUT2D eigenvalue weighted by Gasteiger charge is -2.23. The number of benzene rings is 3. The SMILES string of the molecule is COc1ccc(N2C[C@H](C(C)C)N=C2c2cccc3ccccc23)cc1. The van der Waals surface area contributed by atoms with Crippen LogP contribution in [0.1, 0.15) is 19.4 Å². The number of hydrogen-bond donors (Lipinski definition) is 0. The van der Waals surface area contributed by atoms with Crippen molar-refractivity contribution in [1.82, 2.24) is 0 Å². The van der Waals surface area contributed by atoms with E-state index in [4.69, 9.17) is 9.73 Å².